The number of hydrogen-bond donors (Lipinski definition) is 2. The van der Waals surface area contributed by atoms with Gasteiger partial charge in [-0.3, -0.25) is 4.99 Å². The molecule has 6 nitrogen and oxygen atoms in total. The van der Waals surface area contributed by atoms with Gasteiger partial charge < -0.3 is 25.2 Å². The molecule has 0 amide bonds. The van der Waals surface area contributed by atoms with Crippen LogP contribution < -0.4 is 15.4 Å². The van der Waals surface area contributed by atoms with Gasteiger partial charge in [0.05, 0.1) is 6.54 Å². The average molecular weight is 473 g/mol. The smallest absolute Gasteiger partial charge is 0.191 e. The highest BCUT2D eigenvalue weighted by Gasteiger charge is 2.22. The summed E-state index contributed by atoms with van der Waals surface area (Å²) in [6, 6.07) is 8.27. The second kappa shape index (κ2) is 10.9. The minimum Gasteiger partial charge on any atom is -0.488 e. The normalized spacial score (nSPS) is 21.3. The molecule has 1 unspecified atom stereocenters. The molecule has 26 heavy (non-hydrogen) atoms. The van der Waals surface area contributed by atoms with E-state index >= 15 is 0 Å². The third-order valence-corrected chi connectivity index (χ3v) is 4.97. The van der Waals surface area contributed by atoms with Gasteiger partial charge in [-0.05, 0) is 38.2 Å². The molecule has 0 spiro atoms. The Kier molecular flexibility index (Phi) is 8.94. The Bertz CT molecular complexity index is 558. The highest BCUT2D eigenvalue weighted by Crippen LogP contribution is 2.27. The number of ether oxygens (including phenoxy) is 1. The van der Waals surface area contributed by atoms with E-state index in [1.54, 1.807) is 0 Å². The van der Waals surface area contributed by atoms with Crippen LogP contribution in [0.3, 0.4) is 0 Å². The number of nitrogens with one attached hydrogen (secondary N) is 2. The number of benzene rings is 1. The molecule has 1 aromatic carbocycles. The maximum atomic E-state index is 5.97. The second-order valence-electron chi connectivity index (χ2n) is 6.93. The van der Waals surface area contributed by atoms with E-state index in [1.807, 2.05) is 19.2 Å². The Morgan fingerprint density at radius 2 is 2.04 bits per heavy atom. The summed E-state index contributed by atoms with van der Waals surface area (Å²) in [5.41, 5.74) is 1.29. The van der Waals surface area contributed by atoms with Gasteiger partial charge in [-0.15, -0.1) is 24.0 Å². The number of hydrogen-bond acceptors (Lipinski definition) is 4. The maximum absolute atomic E-state index is 5.97. The van der Waals surface area contributed by atoms with Crippen molar-refractivity contribution in [3.63, 3.8) is 0 Å². The van der Waals surface area contributed by atoms with Crippen LogP contribution in [0.5, 0.6) is 5.75 Å². The van der Waals surface area contributed by atoms with E-state index in [2.05, 4.69) is 44.6 Å². The SMILES string of the molecule is CN=C(NCCN1CCCN(C)CC1)NCC1Cc2ccccc2O1.I. The predicted octanol–water partition coefficient (Wildman–Crippen LogP) is 1.41. The summed E-state index contributed by atoms with van der Waals surface area (Å²) in [4.78, 5) is 9.26. The predicted molar refractivity (Wildman–Crippen MR) is 118 cm³/mol. The first-order chi connectivity index (χ1) is 12.2. The molecule has 2 aliphatic heterocycles. The zero-order chi connectivity index (χ0) is 17.5. The molecular weight excluding hydrogens is 441 g/mol. The van der Waals surface area contributed by atoms with E-state index in [0.29, 0.717) is 0 Å². The van der Waals surface area contributed by atoms with Crippen LogP contribution in [0.15, 0.2) is 29.3 Å². The summed E-state index contributed by atoms with van der Waals surface area (Å²) in [7, 11) is 4.03. The average Bonchev–Trinajstić information content (AvgIpc) is 2.93. The van der Waals surface area contributed by atoms with E-state index < -0.39 is 0 Å². The largest absolute Gasteiger partial charge is 0.488 e. The van der Waals surface area contributed by atoms with Crippen LogP contribution in [0.1, 0.15) is 12.0 Å². The summed E-state index contributed by atoms with van der Waals surface area (Å²) in [5, 5.41) is 6.81. The number of halogens is 1. The van der Waals surface area contributed by atoms with Crippen LogP contribution in [-0.2, 0) is 6.42 Å². The Morgan fingerprint density at radius 1 is 1.19 bits per heavy atom. The van der Waals surface area contributed by atoms with Gasteiger partial charge >= 0.3 is 0 Å². The molecule has 0 radical (unpaired) electrons. The lowest BCUT2D eigenvalue weighted by atomic mass is 10.1. The van der Waals surface area contributed by atoms with Crippen molar-refractivity contribution < 1.29 is 4.74 Å². The number of aliphatic imine (C=N–C) groups is 1. The first-order valence-corrected chi connectivity index (χ1v) is 9.34. The minimum absolute atomic E-state index is 0. The van der Waals surface area contributed by atoms with Crippen molar-refractivity contribution >= 4 is 29.9 Å². The minimum atomic E-state index is 0. The fourth-order valence-corrected chi connectivity index (χ4v) is 3.45. The molecule has 2 aliphatic rings. The summed E-state index contributed by atoms with van der Waals surface area (Å²) >= 11 is 0. The molecule has 1 atom stereocenters. The zero-order valence-electron chi connectivity index (χ0n) is 15.9. The molecule has 0 saturated carbocycles. The topological polar surface area (TPSA) is 52.1 Å². The molecule has 0 aromatic heterocycles. The maximum Gasteiger partial charge on any atom is 0.191 e. The monoisotopic (exact) mass is 473 g/mol. The van der Waals surface area contributed by atoms with E-state index in [9.17, 15) is 0 Å². The third kappa shape index (κ3) is 6.28. The number of fused-ring (bicyclic) bond motifs is 1. The van der Waals surface area contributed by atoms with E-state index in [4.69, 9.17) is 4.74 Å². The standard InChI is InChI=1S/C19H31N5O.HI/c1-20-19(21-8-11-24-10-5-9-23(2)12-13-24)22-15-17-14-16-6-3-4-7-18(16)25-17;/h3-4,6-7,17H,5,8-15H2,1-2H3,(H2,20,21,22);1H. The number of likely N-dealkylation sites (N-methyl/N-ethyl adjacent to an activating group) is 1. The molecule has 1 saturated heterocycles. The Labute approximate surface area is 174 Å². The fraction of sp³-hybridized carbons (Fsp3) is 0.632. The molecular formula is C19H32IN5O. The van der Waals surface area contributed by atoms with Gasteiger partial charge in [0.1, 0.15) is 11.9 Å². The van der Waals surface area contributed by atoms with Gasteiger partial charge in [-0.1, -0.05) is 18.2 Å². The van der Waals surface area contributed by atoms with Gasteiger partial charge in [0.2, 0.25) is 0 Å². The molecule has 1 aromatic rings. The lowest BCUT2D eigenvalue weighted by molar-refractivity contribution is 0.234. The lowest BCUT2D eigenvalue weighted by Gasteiger charge is -2.21. The summed E-state index contributed by atoms with van der Waals surface area (Å²) in [5.74, 6) is 1.87. The van der Waals surface area contributed by atoms with Crippen LogP contribution in [0.2, 0.25) is 0 Å². The van der Waals surface area contributed by atoms with Gasteiger partial charge in [0.15, 0.2) is 5.96 Å². The van der Waals surface area contributed by atoms with Crippen molar-refractivity contribution in [3.05, 3.63) is 29.8 Å². The number of para-hydroxylation sites is 1. The highest BCUT2D eigenvalue weighted by atomic mass is 127. The molecule has 2 heterocycles. The van der Waals surface area contributed by atoms with Crippen molar-refractivity contribution in [3.8, 4) is 5.75 Å². The van der Waals surface area contributed by atoms with Gasteiger partial charge in [0, 0.05) is 39.6 Å². The summed E-state index contributed by atoms with van der Waals surface area (Å²) < 4.78 is 5.97. The molecule has 2 N–H and O–H groups in total. The zero-order valence-corrected chi connectivity index (χ0v) is 18.2. The van der Waals surface area contributed by atoms with Crippen molar-refractivity contribution in [1.29, 1.82) is 0 Å². The molecule has 3 rings (SSSR count). The molecule has 0 aliphatic carbocycles. The van der Waals surface area contributed by atoms with Crippen molar-refractivity contribution in [2.45, 2.75) is 18.9 Å². The second-order valence-corrected chi connectivity index (χ2v) is 6.93. The van der Waals surface area contributed by atoms with E-state index in [-0.39, 0.29) is 30.1 Å². The first kappa shape index (κ1) is 21.2. The van der Waals surface area contributed by atoms with Gasteiger partial charge in [-0.2, -0.15) is 0 Å². The number of nitrogens with zero attached hydrogens (tertiary/aromatic N) is 3. The van der Waals surface area contributed by atoms with Crippen molar-refractivity contribution in [2.75, 3.05) is 59.9 Å². The molecule has 7 heteroatoms. The van der Waals surface area contributed by atoms with Crippen LogP contribution in [-0.4, -0.2) is 81.8 Å². The number of rotatable bonds is 5. The van der Waals surface area contributed by atoms with Crippen LogP contribution in [0.4, 0.5) is 0 Å². The Hall–Kier alpha value is -1.06. The van der Waals surface area contributed by atoms with Crippen LogP contribution in [0, 0.1) is 0 Å². The Balaban J connectivity index is 0.00000243. The lowest BCUT2D eigenvalue weighted by Crippen LogP contribution is -2.45. The van der Waals surface area contributed by atoms with Crippen LogP contribution in [0.25, 0.3) is 0 Å². The van der Waals surface area contributed by atoms with E-state index in [1.165, 1.54) is 25.1 Å². The molecule has 0 bridgehead atoms. The van der Waals surface area contributed by atoms with Crippen molar-refractivity contribution in [1.82, 2.24) is 20.4 Å². The van der Waals surface area contributed by atoms with E-state index in [0.717, 1.165) is 50.9 Å². The third-order valence-electron chi connectivity index (χ3n) is 4.97. The van der Waals surface area contributed by atoms with Crippen LogP contribution >= 0.6 is 24.0 Å². The Morgan fingerprint density at radius 3 is 2.85 bits per heavy atom. The summed E-state index contributed by atoms with van der Waals surface area (Å²) in [6.45, 7) is 7.44. The van der Waals surface area contributed by atoms with Crippen molar-refractivity contribution in [2.24, 2.45) is 4.99 Å². The molecule has 146 valence electrons. The number of guanidine groups is 1. The molecule has 1 fully saturated rings. The van der Waals surface area contributed by atoms with Gasteiger partial charge in [0.25, 0.3) is 0 Å². The highest BCUT2D eigenvalue weighted by molar-refractivity contribution is 14.0. The van der Waals surface area contributed by atoms with Gasteiger partial charge in [-0.25, -0.2) is 0 Å². The quantitative estimate of drug-likeness (QED) is 0.385. The first-order valence-electron chi connectivity index (χ1n) is 9.34. The fourth-order valence-electron chi connectivity index (χ4n) is 3.45. The summed E-state index contributed by atoms with van der Waals surface area (Å²) in [6.07, 6.45) is 2.39.